The van der Waals surface area contributed by atoms with E-state index in [4.69, 9.17) is 4.18 Å². The van der Waals surface area contributed by atoms with Gasteiger partial charge in [0.05, 0.1) is 11.0 Å². The maximum absolute atomic E-state index is 11.3. The van der Waals surface area contributed by atoms with Crippen molar-refractivity contribution in [1.29, 1.82) is 0 Å². The molecule has 0 aliphatic carbocycles. The molecule has 0 aromatic heterocycles. The molecule has 1 aromatic carbocycles. The molecule has 1 rings (SSSR count). The van der Waals surface area contributed by atoms with Gasteiger partial charge in [-0.25, -0.2) is 4.21 Å². The smallest absolute Gasteiger partial charge is 0.189 e. The number of benzene rings is 1. The topological polar surface area (TPSA) is 26.3 Å². The zero-order chi connectivity index (χ0) is 8.97. The fourth-order valence-electron chi connectivity index (χ4n) is 0.762. The van der Waals surface area contributed by atoms with Gasteiger partial charge in [-0.1, -0.05) is 18.2 Å². The van der Waals surface area contributed by atoms with Crippen LogP contribution in [0.25, 0.3) is 0 Å². The molecule has 0 fully saturated rings. The molecule has 0 saturated carbocycles. The molecule has 0 amide bonds. The predicted octanol–water partition coefficient (Wildman–Crippen LogP) is 1.75. The van der Waals surface area contributed by atoms with Gasteiger partial charge in [0.2, 0.25) is 0 Å². The molecule has 0 aliphatic rings. The van der Waals surface area contributed by atoms with E-state index < -0.39 is 11.1 Å². The van der Waals surface area contributed by atoms with Crippen LogP contribution in [0.5, 0.6) is 0 Å². The molecule has 13 heavy (non-hydrogen) atoms. The Morgan fingerprint density at radius 2 is 1.77 bits per heavy atom. The molecular weight excluding hydrogens is 179 g/mol. The molecule has 0 aliphatic heterocycles. The molecule has 1 unspecified atom stereocenters. The van der Waals surface area contributed by atoms with E-state index in [0.29, 0.717) is 4.90 Å². The van der Waals surface area contributed by atoms with Crippen LogP contribution < -0.4 is 0 Å². The van der Waals surface area contributed by atoms with Gasteiger partial charge in [0.15, 0.2) is 11.1 Å². The first-order valence-corrected chi connectivity index (χ1v) is 4.91. The Morgan fingerprint density at radius 3 is 2.23 bits per heavy atom. The van der Waals surface area contributed by atoms with Crippen LogP contribution >= 0.6 is 0 Å². The van der Waals surface area contributed by atoms with Crippen molar-refractivity contribution in [3.63, 3.8) is 0 Å². The van der Waals surface area contributed by atoms with Crippen molar-refractivity contribution >= 4 is 29.9 Å². The monoisotopic (exact) mass is 191 g/mol. The van der Waals surface area contributed by atoms with Gasteiger partial charge in [-0.3, -0.25) is 4.18 Å². The Kier molecular flexibility index (Phi) is 6.36. The maximum atomic E-state index is 11.3. The van der Waals surface area contributed by atoms with Gasteiger partial charge in [0.25, 0.3) is 0 Å². The van der Waals surface area contributed by atoms with Crippen LogP contribution in [0.2, 0.25) is 0 Å². The van der Waals surface area contributed by atoms with Crippen molar-refractivity contribution in [3.8, 4) is 0 Å². The van der Waals surface area contributed by atoms with Crippen LogP contribution in [0.3, 0.4) is 0 Å². The first-order valence-electron chi connectivity index (χ1n) is 3.84. The van der Waals surface area contributed by atoms with Crippen LogP contribution in [0.1, 0.15) is 13.8 Å². The summed E-state index contributed by atoms with van der Waals surface area (Å²) in [6.45, 7) is 3.72. The van der Waals surface area contributed by atoms with Gasteiger partial charge in [-0.2, -0.15) is 0 Å². The molecule has 0 heterocycles. The van der Waals surface area contributed by atoms with Crippen LogP contribution in [0.4, 0.5) is 0 Å². The minimum Gasteiger partial charge on any atom is -0.284 e. The maximum Gasteiger partial charge on any atom is 0.189 e. The largest absolute Gasteiger partial charge is 0.284 e. The van der Waals surface area contributed by atoms with E-state index >= 15 is 0 Å². The fourth-order valence-corrected chi connectivity index (χ4v) is 1.60. The van der Waals surface area contributed by atoms with Gasteiger partial charge in [-0.05, 0) is 26.0 Å². The zero-order valence-corrected chi connectivity index (χ0v) is 9.01. The van der Waals surface area contributed by atoms with Crippen LogP contribution in [0, 0.1) is 0 Å². The van der Waals surface area contributed by atoms with Gasteiger partial charge in [0, 0.05) is 18.9 Å². The van der Waals surface area contributed by atoms with Crippen LogP contribution in [-0.2, 0) is 15.3 Å². The summed E-state index contributed by atoms with van der Waals surface area (Å²) < 4.78 is 16.5. The summed E-state index contributed by atoms with van der Waals surface area (Å²) >= 11 is -1.31. The molecule has 1 atom stereocenters. The minimum atomic E-state index is -1.31. The first kappa shape index (κ1) is 12.9. The Morgan fingerprint density at radius 1 is 1.23 bits per heavy atom. The van der Waals surface area contributed by atoms with E-state index in [1.165, 1.54) is 0 Å². The molecule has 0 bridgehead atoms. The molecule has 2 nitrogen and oxygen atoms in total. The second kappa shape index (κ2) is 6.39. The Balaban J connectivity index is 0.00000144. The summed E-state index contributed by atoms with van der Waals surface area (Å²) in [5, 5.41) is 0. The summed E-state index contributed by atoms with van der Waals surface area (Å²) in [5.41, 5.74) is 0. The van der Waals surface area contributed by atoms with Gasteiger partial charge in [-0.15, -0.1) is 0 Å². The number of rotatable bonds is 3. The fraction of sp³-hybridized carbons (Fsp3) is 0.333. The molecule has 1 radical (unpaired) electrons. The normalized spacial score (nSPS) is 12.2. The molecule has 0 spiro atoms. The van der Waals surface area contributed by atoms with Gasteiger partial charge < -0.3 is 0 Å². The van der Waals surface area contributed by atoms with Gasteiger partial charge in [0.1, 0.15) is 0 Å². The van der Waals surface area contributed by atoms with E-state index in [2.05, 4.69) is 0 Å². The van der Waals surface area contributed by atoms with E-state index in [1.54, 1.807) is 12.1 Å². The Labute approximate surface area is 93.5 Å². The standard InChI is InChI=1S/C9H12O2S.Li/c1-8(2)11-12(10)9-6-4-3-5-7-9;/h3-8H,1-2H3;. The van der Waals surface area contributed by atoms with E-state index in [-0.39, 0.29) is 25.0 Å². The minimum absolute atomic E-state index is 0. The summed E-state index contributed by atoms with van der Waals surface area (Å²) in [6.07, 6.45) is -0.00830. The summed E-state index contributed by atoms with van der Waals surface area (Å²) in [5.74, 6) is 0. The Hall–Kier alpha value is -0.0726. The van der Waals surface area contributed by atoms with Crippen molar-refractivity contribution in [2.45, 2.75) is 24.8 Å². The number of hydrogen-bond donors (Lipinski definition) is 0. The Bertz CT molecular complexity index is 262. The van der Waals surface area contributed by atoms with Crippen LogP contribution in [-0.4, -0.2) is 29.2 Å². The third kappa shape index (κ3) is 4.63. The third-order valence-electron chi connectivity index (χ3n) is 1.22. The van der Waals surface area contributed by atoms with E-state index in [9.17, 15) is 4.21 Å². The van der Waals surface area contributed by atoms with E-state index in [0.717, 1.165) is 0 Å². The molecular formula is C9H12LiO2S. The van der Waals surface area contributed by atoms with E-state index in [1.807, 2.05) is 32.0 Å². The second-order valence-electron chi connectivity index (χ2n) is 2.69. The van der Waals surface area contributed by atoms with Crippen molar-refractivity contribution in [1.82, 2.24) is 0 Å². The average molecular weight is 191 g/mol. The van der Waals surface area contributed by atoms with Crippen molar-refractivity contribution < 1.29 is 8.39 Å². The molecule has 0 saturated heterocycles. The second-order valence-corrected chi connectivity index (χ2v) is 3.83. The van der Waals surface area contributed by atoms with Crippen molar-refractivity contribution in [3.05, 3.63) is 30.3 Å². The summed E-state index contributed by atoms with van der Waals surface area (Å²) in [4.78, 5) is 0.714. The average Bonchev–Trinajstić information content (AvgIpc) is 2.05. The number of hydrogen-bond acceptors (Lipinski definition) is 2. The van der Waals surface area contributed by atoms with Crippen molar-refractivity contribution in [2.75, 3.05) is 0 Å². The van der Waals surface area contributed by atoms with Crippen LogP contribution in [0.15, 0.2) is 35.2 Å². The summed E-state index contributed by atoms with van der Waals surface area (Å²) in [6, 6.07) is 9.15. The molecule has 1 aromatic rings. The quantitative estimate of drug-likeness (QED) is 0.680. The SMILES string of the molecule is CC(C)OS(=O)c1ccccc1.[Li]. The molecule has 0 N–H and O–H groups in total. The molecule has 4 heteroatoms. The summed E-state index contributed by atoms with van der Waals surface area (Å²) in [7, 11) is 0. The zero-order valence-electron chi connectivity index (χ0n) is 8.19. The molecule has 67 valence electrons. The van der Waals surface area contributed by atoms with Gasteiger partial charge >= 0.3 is 0 Å². The third-order valence-corrected chi connectivity index (χ3v) is 2.43. The van der Waals surface area contributed by atoms with Crippen molar-refractivity contribution in [2.24, 2.45) is 0 Å². The first-order chi connectivity index (χ1) is 5.70. The predicted molar refractivity (Wildman–Crippen MR) is 54.8 cm³/mol.